The number of halogens is 3. The highest BCUT2D eigenvalue weighted by Gasteiger charge is 2.29. The number of carbonyl (C=O) groups excluding carboxylic acids is 2. The van der Waals surface area contributed by atoms with E-state index in [9.17, 15) is 9.59 Å². The van der Waals surface area contributed by atoms with Crippen LogP contribution in [0.25, 0.3) is 11.0 Å². The van der Waals surface area contributed by atoms with E-state index >= 15 is 0 Å². The number of carbonyl (C=O) groups is 2. The minimum Gasteiger partial charge on any atom is -0.339 e. The summed E-state index contributed by atoms with van der Waals surface area (Å²) >= 11 is 18.9. The van der Waals surface area contributed by atoms with Gasteiger partial charge in [-0.25, -0.2) is 4.98 Å². The minimum absolute atomic E-state index is 0.0271. The van der Waals surface area contributed by atoms with Crippen molar-refractivity contribution in [3.05, 3.63) is 62.9 Å². The predicted molar refractivity (Wildman–Crippen MR) is 128 cm³/mol. The summed E-state index contributed by atoms with van der Waals surface area (Å²) in [6.07, 6.45) is 0.458. The molecule has 1 aliphatic heterocycles. The minimum atomic E-state index is -0.515. The van der Waals surface area contributed by atoms with E-state index in [0.717, 1.165) is 11.1 Å². The Morgan fingerprint density at radius 2 is 1.59 bits per heavy atom. The SMILES string of the molecule is CC(=O)N1CCN(C(=O)[C@H](C)n2c(Cc3ccccc3Cl)nc3cc(Cl)c(Cl)cc32)CC1. The molecule has 1 fully saturated rings. The monoisotopic (exact) mass is 492 g/mol. The highest BCUT2D eigenvalue weighted by atomic mass is 35.5. The number of rotatable bonds is 4. The molecule has 32 heavy (non-hydrogen) atoms. The second-order valence-electron chi connectivity index (χ2n) is 7.93. The predicted octanol–water partition coefficient (Wildman–Crippen LogP) is 4.84. The fourth-order valence-corrected chi connectivity index (χ4v) is 4.64. The number of aromatic nitrogens is 2. The van der Waals surface area contributed by atoms with Gasteiger partial charge in [-0.3, -0.25) is 9.59 Å². The summed E-state index contributed by atoms with van der Waals surface area (Å²) in [6, 6.07) is 10.5. The van der Waals surface area contributed by atoms with E-state index in [-0.39, 0.29) is 11.8 Å². The molecule has 0 radical (unpaired) electrons. The van der Waals surface area contributed by atoms with E-state index in [2.05, 4.69) is 0 Å². The maximum absolute atomic E-state index is 13.4. The number of nitrogens with zero attached hydrogens (tertiary/aromatic N) is 4. The first-order valence-electron chi connectivity index (χ1n) is 10.4. The van der Waals surface area contributed by atoms with Crippen molar-refractivity contribution in [2.24, 2.45) is 0 Å². The number of fused-ring (bicyclic) bond motifs is 1. The van der Waals surface area contributed by atoms with E-state index < -0.39 is 6.04 Å². The first-order chi connectivity index (χ1) is 15.3. The summed E-state index contributed by atoms with van der Waals surface area (Å²) in [7, 11) is 0. The molecule has 1 aliphatic rings. The van der Waals surface area contributed by atoms with Crippen LogP contribution in [0.3, 0.4) is 0 Å². The number of piperazine rings is 1. The number of amides is 2. The molecule has 2 aromatic carbocycles. The van der Waals surface area contributed by atoms with Gasteiger partial charge in [0, 0.05) is 44.5 Å². The molecule has 0 saturated carbocycles. The van der Waals surface area contributed by atoms with E-state index in [0.29, 0.717) is 59.0 Å². The number of benzene rings is 2. The second-order valence-corrected chi connectivity index (χ2v) is 9.15. The molecule has 4 rings (SSSR count). The molecule has 2 heterocycles. The Labute approximate surface area is 201 Å². The van der Waals surface area contributed by atoms with E-state index in [1.54, 1.807) is 28.9 Å². The molecular formula is C23H23Cl3N4O2. The third-order valence-corrected chi connectivity index (χ3v) is 6.98. The lowest BCUT2D eigenvalue weighted by molar-refractivity contribution is -0.140. The van der Waals surface area contributed by atoms with Crippen molar-refractivity contribution in [1.29, 1.82) is 0 Å². The zero-order chi connectivity index (χ0) is 23.0. The van der Waals surface area contributed by atoms with Crippen LogP contribution in [-0.2, 0) is 16.0 Å². The molecule has 9 heteroatoms. The van der Waals surface area contributed by atoms with Gasteiger partial charge in [-0.15, -0.1) is 0 Å². The second kappa shape index (κ2) is 9.30. The van der Waals surface area contributed by atoms with Crippen LogP contribution in [-0.4, -0.2) is 57.3 Å². The molecule has 1 atom stereocenters. The van der Waals surface area contributed by atoms with E-state index in [1.807, 2.05) is 35.8 Å². The molecule has 0 unspecified atom stereocenters. The van der Waals surface area contributed by atoms with E-state index in [4.69, 9.17) is 39.8 Å². The van der Waals surface area contributed by atoms with Gasteiger partial charge >= 0.3 is 0 Å². The average Bonchev–Trinajstić information content (AvgIpc) is 3.11. The molecule has 2 amide bonds. The van der Waals surface area contributed by atoms with Crippen LogP contribution in [0.15, 0.2) is 36.4 Å². The molecule has 6 nitrogen and oxygen atoms in total. The maximum Gasteiger partial charge on any atom is 0.245 e. The third kappa shape index (κ3) is 4.45. The van der Waals surface area contributed by atoms with Crippen molar-refractivity contribution in [2.75, 3.05) is 26.2 Å². The third-order valence-electron chi connectivity index (χ3n) is 5.89. The lowest BCUT2D eigenvalue weighted by atomic mass is 10.1. The largest absolute Gasteiger partial charge is 0.339 e. The van der Waals surface area contributed by atoms with Gasteiger partial charge in [0.15, 0.2) is 0 Å². The molecule has 0 N–H and O–H groups in total. The summed E-state index contributed by atoms with van der Waals surface area (Å²) in [6.45, 7) is 5.48. The van der Waals surface area contributed by atoms with Crippen LogP contribution in [0.1, 0.15) is 31.3 Å². The molecule has 0 aliphatic carbocycles. The first-order valence-corrected chi connectivity index (χ1v) is 11.5. The van der Waals surface area contributed by atoms with Gasteiger partial charge in [0.2, 0.25) is 11.8 Å². The fourth-order valence-electron chi connectivity index (χ4n) is 4.13. The molecular weight excluding hydrogens is 471 g/mol. The Hall–Kier alpha value is -2.28. The Kier molecular flexibility index (Phi) is 6.65. The Balaban J connectivity index is 1.71. The molecule has 1 aromatic heterocycles. The topological polar surface area (TPSA) is 58.4 Å². The van der Waals surface area contributed by atoms with Crippen LogP contribution >= 0.6 is 34.8 Å². The van der Waals surface area contributed by atoms with Crippen molar-refractivity contribution in [1.82, 2.24) is 19.4 Å². The molecule has 3 aromatic rings. The summed E-state index contributed by atoms with van der Waals surface area (Å²) in [4.78, 5) is 33.4. The number of imidazole rings is 1. The number of hydrogen-bond donors (Lipinski definition) is 0. The lowest BCUT2D eigenvalue weighted by Crippen LogP contribution is -2.51. The molecule has 168 valence electrons. The fraction of sp³-hybridized carbons (Fsp3) is 0.348. The standard InChI is InChI=1S/C23H23Cl3N4O2/c1-14(23(32)29-9-7-28(8-10-29)15(2)31)30-21-13-19(26)18(25)12-20(21)27-22(30)11-16-5-3-4-6-17(16)24/h3-6,12-14H,7-11H2,1-2H3/t14-/m0/s1. The summed E-state index contributed by atoms with van der Waals surface area (Å²) in [5.41, 5.74) is 2.32. The van der Waals surface area contributed by atoms with Crippen LogP contribution < -0.4 is 0 Å². The van der Waals surface area contributed by atoms with Crippen molar-refractivity contribution >= 4 is 57.7 Å². The van der Waals surface area contributed by atoms with Gasteiger partial charge < -0.3 is 14.4 Å². The van der Waals surface area contributed by atoms with Crippen molar-refractivity contribution in [2.45, 2.75) is 26.3 Å². The van der Waals surface area contributed by atoms with Gasteiger partial charge in [0.25, 0.3) is 0 Å². The van der Waals surface area contributed by atoms with E-state index in [1.165, 1.54) is 0 Å². The molecule has 0 bridgehead atoms. The zero-order valence-corrected chi connectivity index (χ0v) is 20.1. The quantitative estimate of drug-likeness (QED) is 0.523. The van der Waals surface area contributed by atoms with Gasteiger partial charge in [0.1, 0.15) is 11.9 Å². The van der Waals surface area contributed by atoms with Crippen molar-refractivity contribution in [3.8, 4) is 0 Å². The van der Waals surface area contributed by atoms with Gasteiger partial charge in [-0.05, 0) is 30.7 Å². The molecule has 1 saturated heterocycles. The summed E-state index contributed by atoms with van der Waals surface area (Å²) in [5.74, 6) is 0.702. The van der Waals surface area contributed by atoms with Crippen LogP contribution in [0.2, 0.25) is 15.1 Å². The highest BCUT2D eigenvalue weighted by molar-refractivity contribution is 6.42. The van der Waals surface area contributed by atoms with Crippen molar-refractivity contribution < 1.29 is 9.59 Å². The van der Waals surface area contributed by atoms with Crippen LogP contribution in [0, 0.1) is 0 Å². The Morgan fingerprint density at radius 3 is 2.25 bits per heavy atom. The average molecular weight is 494 g/mol. The summed E-state index contributed by atoms with van der Waals surface area (Å²) < 4.78 is 1.92. The maximum atomic E-state index is 13.4. The first kappa shape index (κ1) is 22.9. The molecule has 0 spiro atoms. The number of hydrogen-bond acceptors (Lipinski definition) is 3. The normalized spacial score (nSPS) is 15.3. The van der Waals surface area contributed by atoms with Gasteiger partial charge in [-0.1, -0.05) is 53.0 Å². The van der Waals surface area contributed by atoms with Crippen molar-refractivity contribution in [3.63, 3.8) is 0 Å². The Morgan fingerprint density at radius 1 is 0.969 bits per heavy atom. The lowest BCUT2D eigenvalue weighted by Gasteiger charge is -2.36. The zero-order valence-electron chi connectivity index (χ0n) is 17.8. The van der Waals surface area contributed by atoms with Gasteiger partial charge in [0.05, 0.1) is 21.1 Å². The Bertz CT molecular complexity index is 1190. The highest BCUT2D eigenvalue weighted by Crippen LogP contribution is 2.32. The summed E-state index contributed by atoms with van der Waals surface area (Å²) in [5, 5.41) is 1.45. The van der Waals surface area contributed by atoms with Gasteiger partial charge in [-0.2, -0.15) is 0 Å². The van der Waals surface area contributed by atoms with Crippen LogP contribution in [0.4, 0.5) is 0 Å². The smallest absolute Gasteiger partial charge is 0.245 e. The van der Waals surface area contributed by atoms with Crippen LogP contribution in [0.5, 0.6) is 0 Å².